The fourth-order valence-electron chi connectivity index (χ4n) is 3.12. The molecule has 0 atom stereocenters. The van der Waals surface area contributed by atoms with Crippen molar-refractivity contribution >= 4 is 10.0 Å². The van der Waals surface area contributed by atoms with E-state index in [1.165, 1.54) is 19.3 Å². The van der Waals surface area contributed by atoms with Gasteiger partial charge in [0.15, 0.2) is 0 Å². The minimum Gasteiger partial charge on any atom is -0.317 e. The lowest BCUT2D eigenvalue weighted by Crippen LogP contribution is -2.40. The highest BCUT2D eigenvalue weighted by molar-refractivity contribution is 7.89. The van der Waals surface area contributed by atoms with Crippen LogP contribution in [0.15, 0.2) is 0 Å². The van der Waals surface area contributed by atoms with Crippen molar-refractivity contribution in [2.45, 2.75) is 71.3 Å². The van der Waals surface area contributed by atoms with E-state index in [4.69, 9.17) is 0 Å². The minimum atomic E-state index is -3.07. The summed E-state index contributed by atoms with van der Waals surface area (Å²) in [5.41, 5.74) is 0. The molecule has 5 heteroatoms. The SMILES string of the molecule is CCCNCCCCS(=O)(=O)N(C)C1CCC(CC)CC1. The van der Waals surface area contributed by atoms with Crippen LogP contribution in [0, 0.1) is 5.92 Å². The lowest BCUT2D eigenvalue weighted by Gasteiger charge is -2.33. The normalized spacial score (nSPS) is 23.6. The summed E-state index contributed by atoms with van der Waals surface area (Å²) in [5, 5.41) is 3.32. The number of unbranched alkanes of at least 4 members (excludes halogenated alkanes) is 1. The van der Waals surface area contributed by atoms with E-state index in [-0.39, 0.29) is 6.04 Å². The van der Waals surface area contributed by atoms with Gasteiger partial charge in [-0.15, -0.1) is 0 Å². The van der Waals surface area contributed by atoms with Crippen LogP contribution in [0.1, 0.15) is 65.2 Å². The third-order valence-electron chi connectivity index (χ3n) is 4.78. The van der Waals surface area contributed by atoms with Gasteiger partial charge in [0.1, 0.15) is 0 Å². The summed E-state index contributed by atoms with van der Waals surface area (Å²) in [4.78, 5) is 0. The number of hydrogen-bond acceptors (Lipinski definition) is 3. The zero-order valence-electron chi connectivity index (χ0n) is 14.1. The van der Waals surface area contributed by atoms with E-state index in [0.717, 1.165) is 51.1 Å². The molecule has 0 aromatic heterocycles. The van der Waals surface area contributed by atoms with E-state index in [2.05, 4.69) is 19.2 Å². The van der Waals surface area contributed by atoms with Crippen LogP contribution >= 0.6 is 0 Å². The first-order valence-electron chi connectivity index (χ1n) is 8.67. The number of nitrogens with one attached hydrogen (secondary N) is 1. The molecule has 0 bridgehead atoms. The molecule has 0 spiro atoms. The average Bonchev–Trinajstić information content (AvgIpc) is 2.50. The van der Waals surface area contributed by atoms with Crippen LogP contribution in [0.5, 0.6) is 0 Å². The average molecular weight is 319 g/mol. The molecule has 0 saturated heterocycles. The zero-order chi connectivity index (χ0) is 15.7. The van der Waals surface area contributed by atoms with Crippen LogP contribution in [0.4, 0.5) is 0 Å². The second-order valence-electron chi connectivity index (χ2n) is 6.37. The molecular formula is C16H34N2O2S. The molecule has 21 heavy (non-hydrogen) atoms. The van der Waals surface area contributed by atoms with Crippen LogP contribution in [-0.4, -0.2) is 44.7 Å². The van der Waals surface area contributed by atoms with Gasteiger partial charge in [-0.05, 0) is 64.0 Å². The van der Waals surface area contributed by atoms with Crippen molar-refractivity contribution in [3.63, 3.8) is 0 Å². The van der Waals surface area contributed by atoms with Crippen molar-refractivity contribution < 1.29 is 8.42 Å². The number of nitrogens with zero attached hydrogens (tertiary/aromatic N) is 1. The van der Waals surface area contributed by atoms with Crippen LogP contribution < -0.4 is 5.32 Å². The van der Waals surface area contributed by atoms with Crippen molar-refractivity contribution in [2.75, 3.05) is 25.9 Å². The van der Waals surface area contributed by atoms with Crippen molar-refractivity contribution in [3.8, 4) is 0 Å². The number of sulfonamides is 1. The Morgan fingerprint density at radius 2 is 1.71 bits per heavy atom. The molecule has 1 rings (SSSR count). The highest BCUT2D eigenvalue weighted by Gasteiger charge is 2.29. The summed E-state index contributed by atoms with van der Waals surface area (Å²) in [6.45, 7) is 6.32. The Kier molecular flexibility index (Phi) is 8.83. The molecule has 1 aliphatic carbocycles. The Balaban J connectivity index is 2.29. The quantitative estimate of drug-likeness (QED) is 0.630. The minimum absolute atomic E-state index is 0.232. The van der Waals surface area contributed by atoms with Gasteiger partial charge >= 0.3 is 0 Å². The number of rotatable bonds is 10. The maximum Gasteiger partial charge on any atom is 0.214 e. The summed E-state index contributed by atoms with van der Waals surface area (Å²) in [5.74, 6) is 1.10. The molecule has 1 fully saturated rings. The standard InChI is InChI=1S/C16H34N2O2S/c1-4-12-17-13-6-7-14-21(19,20)18(3)16-10-8-15(5-2)9-11-16/h15-17H,4-14H2,1-3H3. The Bertz CT molecular complexity index is 362. The Labute approximate surface area is 131 Å². The topological polar surface area (TPSA) is 49.4 Å². The van der Waals surface area contributed by atoms with Gasteiger partial charge in [0.2, 0.25) is 10.0 Å². The summed E-state index contributed by atoms with van der Waals surface area (Å²) in [6, 6.07) is 0.232. The van der Waals surface area contributed by atoms with Gasteiger partial charge in [-0.2, -0.15) is 0 Å². The first-order chi connectivity index (χ1) is 10.0. The molecule has 1 N–H and O–H groups in total. The molecule has 0 radical (unpaired) electrons. The summed E-state index contributed by atoms with van der Waals surface area (Å²) < 4.78 is 26.4. The van der Waals surface area contributed by atoms with Gasteiger partial charge in [-0.1, -0.05) is 20.3 Å². The fraction of sp³-hybridized carbons (Fsp3) is 1.00. The van der Waals surface area contributed by atoms with Gasteiger partial charge in [-0.25, -0.2) is 12.7 Å². The van der Waals surface area contributed by atoms with E-state index in [1.807, 2.05) is 0 Å². The van der Waals surface area contributed by atoms with Crippen molar-refractivity contribution in [1.82, 2.24) is 9.62 Å². The highest BCUT2D eigenvalue weighted by atomic mass is 32.2. The predicted octanol–water partition coefficient (Wildman–Crippen LogP) is 3.00. The van der Waals surface area contributed by atoms with Gasteiger partial charge in [0, 0.05) is 13.1 Å². The van der Waals surface area contributed by atoms with Crippen molar-refractivity contribution in [1.29, 1.82) is 0 Å². The predicted molar refractivity (Wildman–Crippen MR) is 90.0 cm³/mol. The maximum atomic E-state index is 12.4. The second kappa shape index (κ2) is 9.80. The van der Waals surface area contributed by atoms with Gasteiger partial charge in [-0.3, -0.25) is 0 Å². The van der Waals surface area contributed by atoms with Crippen LogP contribution in [0.3, 0.4) is 0 Å². The Morgan fingerprint density at radius 1 is 1.05 bits per heavy atom. The molecule has 1 aliphatic rings. The molecule has 0 aromatic rings. The number of hydrogen-bond donors (Lipinski definition) is 1. The molecule has 0 aromatic carbocycles. The Morgan fingerprint density at radius 3 is 2.29 bits per heavy atom. The maximum absolute atomic E-state index is 12.4. The van der Waals surface area contributed by atoms with Gasteiger partial charge in [0.25, 0.3) is 0 Å². The molecule has 0 amide bonds. The summed E-state index contributed by atoms with van der Waals surface area (Å²) >= 11 is 0. The third-order valence-corrected chi connectivity index (χ3v) is 6.76. The molecule has 4 nitrogen and oxygen atoms in total. The third kappa shape index (κ3) is 6.66. The van der Waals surface area contributed by atoms with Crippen LogP contribution in [0.2, 0.25) is 0 Å². The molecular weight excluding hydrogens is 284 g/mol. The zero-order valence-corrected chi connectivity index (χ0v) is 14.9. The van der Waals surface area contributed by atoms with E-state index in [1.54, 1.807) is 11.4 Å². The highest BCUT2D eigenvalue weighted by Crippen LogP contribution is 2.30. The molecule has 0 aliphatic heterocycles. The Hall–Kier alpha value is -0.130. The van der Waals surface area contributed by atoms with Crippen LogP contribution in [-0.2, 0) is 10.0 Å². The summed E-state index contributed by atoms with van der Waals surface area (Å²) in [7, 11) is -1.29. The molecule has 1 saturated carbocycles. The lowest BCUT2D eigenvalue weighted by atomic mass is 9.85. The van der Waals surface area contributed by atoms with E-state index in [9.17, 15) is 8.42 Å². The largest absolute Gasteiger partial charge is 0.317 e. The molecule has 0 unspecified atom stereocenters. The van der Waals surface area contributed by atoms with Gasteiger partial charge in [0.05, 0.1) is 5.75 Å². The monoisotopic (exact) mass is 318 g/mol. The fourth-order valence-corrected chi connectivity index (χ4v) is 4.65. The van der Waals surface area contributed by atoms with E-state index < -0.39 is 10.0 Å². The lowest BCUT2D eigenvalue weighted by molar-refractivity contribution is 0.233. The molecule has 0 heterocycles. The van der Waals surface area contributed by atoms with E-state index in [0.29, 0.717) is 5.75 Å². The van der Waals surface area contributed by atoms with Gasteiger partial charge < -0.3 is 5.32 Å². The second-order valence-corrected chi connectivity index (χ2v) is 8.52. The van der Waals surface area contributed by atoms with E-state index >= 15 is 0 Å². The van der Waals surface area contributed by atoms with Crippen molar-refractivity contribution in [3.05, 3.63) is 0 Å². The first-order valence-corrected chi connectivity index (χ1v) is 10.3. The first kappa shape index (κ1) is 18.9. The molecule has 126 valence electrons. The summed E-state index contributed by atoms with van der Waals surface area (Å²) in [6.07, 6.45) is 8.49. The van der Waals surface area contributed by atoms with Crippen molar-refractivity contribution in [2.24, 2.45) is 5.92 Å². The van der Waals surface area contributed by atoms with Crippen LogP contribution in [0.25, 0.3) is 0 Å². The smallest absolute Gasteiger partial charge is 0.214 e.